The summed E-state index contributed by atoms with van der Waals surface area (Å²) >= 11 is 0. The molecule has 100 valence electrons. The van der Waals surface area contributed by atoms with Crippen LogP contribution in [0.4, 0.5) is 0 Å². The molecule has 1 aromatic rings. The molecule has 0 radical (unpaired) electrons. The Bertz CT molecular complexity index is 387. The highest BCUT2D eigenvalue weighted by atomic mass is 16.3. The highest BCUT2D eigenvalue weighted by molar-refractivity contribution is 5.14. The lowest BCUT2D eigenvalue weighted by Gasteiger charge is -2.47. The molecule has 0 aromatic carbocycles. The van der Waals surface area contributed by atoms with Crippen molar-refractivity contribution in [3.63, 3.8) is 0 Å². The van der Waals surface area contributed by atoms with Gasteiger partial charge in [-0.1, -0.05) is 6.42 Å². The fourth-order valence-corrected chi connectivity index (χ4v) is 3.60. The van der Waals surface area contributed by atoms with Gasteiger partial charge in [-0.3, -0.25) is 0 Å². The van der Waals surface area contributed by atoms with Crippen LogP contribution in [0.3, 0.4) is 0 Å². The van der Waals surface area contributed by atoms with Crippen LogP contribution in [0.5, 0.6) is 0 Å². The largest absolute Gasteiger partial charge is 0.468 e. The van der Waals surface area contributed by atoms with Crippen LogP contribution < -0.4 is 5.32 Å². The Kier molecular flexibility index (Phi) is 3.44. The van der Waals surface area contributed by atoms with Gasteiger partial charge in [0.2, 0.25) is 0 Å². The Labute approximate surface area is 110 Å². The zero-order valence-corrected chi connectivity index (χ0v) is 11.5. The molecule has 2 unspecified atom stereocenters. The predicted molar refractivity (Wildman–Crippen MR) is 72.5 cm³/mol. The Morgan fingerprint density at radius 2 is 2.06 bits per heavy atom. The molecule has 18 heavy (non-hydrogen) atoms. The van der Waals surface area contributed by atoms with E-state index in [1.54, 1.807) is 6.26 Å². The van der Waals surface area contributed by atoms with Gasteiger partial charge in [0.05, 0.1) is 12.8 Å². The number of hydrogen-bond donors (Lipinski definition) is 1. The maximum Gasteiger partial charge on any atom is 0.120 e. The van der Waals surface area contributed by atoms with Crippen molar-refractivity contribution in [1.82, 2.24) is 10.2 Å². The van der Waals surface area contributed by atoms with Crippen molar-refractivity contribution in [2.24, 2.45) is 0 Å². The highest BCUT2D eigenvalue weighted by Gasteiger charge is 2.35. The van der Waals surface area contributed by atoms with Crippen molar-refractivity contribution in [2.75, 3.05) is 7.05 Å². The normalized spacial score (nSPS) is 32.7. The van der Waals surface area contributed by atoms with Crippen LogP contribution in [0.15, 0.2) is 16.7 Å². The van der Waals surface area contributed by atoms with E-state index in [1.165, 1.54) is 37.7 Å². The predicted octanol–water partition coefficient (Wildman–Crippen LogP) is 2.69. The van der Waals surface area contributed by atoms with E-state index in [-0.39, 0.29) is 0 Å². The van der Waals surface area contributed by atoms with E-state index in [0.29, 0.717) is 6.04 Å². The Morgan fingerprint density at radius 1 is 1.33 bits per heavy atom. The minimum absolute atomic E-state index is 0.668. The number of fused-ring (bicyclic) bond motifs is 2. The van der Waals surface area contributed by atoms with Gasteiger partial charge in [0.25, 0.3) is 0 Å². The average Bonchev–Trinajstić information content (AvgIpc) is 2.73. The molecular weight excluding hydrogens is 224 g/mol. The van der Waals surface area contributed by atoms with E-state index < -0.39 is 0 Å². The van der Waals surface area contributed by atoms with Gasteiger partial charge in [-0.2, -0.15) is 0 Å². The number of aryl methyl sites for hydroxylation is 1. The van der Waals surface area contributed by atoms with Crippen LogP contribution in [0, 0.1) is 6.92 Å². The summed E-state index contributed by atoms with van der Waals surface area (Å²) in [5.74, 6) is 1.10. The molecule has 3 heteroatoms. The summed E-state index contributed by atoms with van der Waals surface area (Å²) in [5.41, 5.74) is 1.26. The van der Waals surface area contributed by atoms with Gasteiger partial charge in [-0.05, 0) is 51.3 Å². The van der Waals surface area contributed by atoms with E-state index in [0.717, 1.165) is 24.4 Å². The van der Waals surface area contributed by atoms with Crippen LogP contribution in [-0.2, 0) is 6.54 Å². The monoisotopic (exact) mass is 248 g/mol. The van der Waals surface area contributed by atoms with Crippen LogP contribution in [0.1, 0.15) is 43.4 Å². The molecule has 1 N–H and O–H groups in total. The molecule has 0 amide bonds. The number of nitrogens with one attached hydrogen (secondary N) is 1. The highest BCUT2D eigenvalue weighted by Crippen LogP contribution is 2.32. The first-order valence-electron chi connectivity index (χ1n) is 7.22. The van der Waals surface area contributed by atoms with E-state index in [2.05, 4.69) is 24.2 Å². The van der Waals surface area contributed by atoms with Crippen LogP contribution >= 0.6 is 0 Å². The molecule has 2 bridgehead atoms. The lowest BCUT2D eigenvalue weighted by atomic mass is 9.82. The number of piperidine rings is 2. The van der Waals surface area contributed by atoms with Gasteiger partial charge in [0.15, 0.2) is 0 Å². The minimum Gasteiger partial charge on any atom is -0.468 e. The average molecular weight is 248 g/mol. The smallest absolute Gasteiger partial charge is 0.120 e. The maximum absolute atomic E-state index is 5.50. The van der Waals surface area contributed by atoms with Crippen molar-refractivity contribution in [2.45, 2.75) is 63.7 Å². The molecule has 3 rings (SSSR count). The summed E-state index contributed by atoms with van der Waals surface area (Å²) < 4.78 is 5.50. The van der Waals surface area contributed by atoms with Crippen molar-refractivity contribution in [1.29, 1.82) is 0 Å². The Balaban J connectivity index is 1.57. The van der Waals surface area contributed by atoms with Crippen molar-refractivity contribution >= 4 is 0 Å². The second-order valence-electron chi connectivity index (χ2n) is 5.98. The zero-order valence-electron chi connectivity index (χ0n) is 11.5. The summed E-state index contributed by atoms with van der Waals surface area (Å²) in [7, 11) is 2.31. The van der Waals surface area contributed by atoms with E-state index in [9.17, 15) is 0 Å². The first-order chi connectivity index (χ1) is 8.74. The summed E-state index contributed by atoms with van der Waals surface area (Å²) in [6.45, 7) is 3.00. The van der Waals surface area contributed by atoms with E-state index in [4.69, 9.17) is 4.42 Å². The first-order valence-corrected chi connectivity index (χ1v) is 7.22. The summed E-state index contributed by atoms with van der Waals surface area (Å²) in [6.07, 6.45) is 8.56. The maximum atomic E-state index is 5.50. The van der Waals surface area contributed by atoms with Gasteiger partial charge in [0, 0.05) is 18.1 Å². The van der Waals surface area contributed by atoms with Gasteiger partial charge in [-0.15, -0.1) is 0 Å². The van der Waals surface area contributed by atoms with Crippen molar-refractivity contribution in [3.05, 3.63) is 23.7 Å². The summed E-state index contributed by atoms with van der Waals surface area (Å²) in [5, 5.41) is 3.69. The molecule has 0 saturated carbocycles. The van der Waals surface area contributed by atoms with Gasteiger partial charge >= 0.3 is 0 Å². The van der Waals surface area contributed by atoms with E-state index >= 15 is 0 Å². The molecule has 0 spiro atoms. The molecule has 2 aliphatic rings. The molecule has 3 nitrogen and oxygen atoms in total. The Morgan fingerprint density at radius 3 is 2.67 bits per heavy atom. The summed E-state index contributed by atoms with van der Waals surface area (Å²) in [4.78, 5) is 2.61. The number of rotatable bonds is 3. The lowest BCUT2D eigenvalue weighted by Crippen LogP contribution is -2.54. The van der Waals surface area contributed by atoms with Crippen LogP contribution in [0.25, 0.3) is 0 Å². The molecule has 2 saturated heterocycles. The third kappa shape index (κ3) is 2.34. The molecule has 2 fully saturated rings. The quantitative estimate of drug-likeness (QED) is 0.891. The van der Waals surface area contributed by atoms with E-state index in [1.807, 2.05) is 6.07 Å². The fourth-order valence-electron chi connectivity index (χ4n) is 3.60. The summed E-state index contributed by atoms with van der Waals surface area (Å²) in [6, 6.07) is 4.31. The molecule has 1 aromatic heterocycles. The molecule has 2 atom stereocenters. The Hall–Kier alpha value is -0.800. The second-order valence-corrected chi connectivity index (χ2v) is 5.98. The SMILES string of the molecule is Cc1ccoc1CNC1CC2CCCC(C1)N2C. The lowest BCUT2D eigenvalue weighted by molar-refractivity contribution is 0.0478. The zero-order chi connectivity index (χ0) is 12.5. The molecule has 2 aliphatic heterocycles. The second kappa shape index (κ2) is 5.06. The number of furan rings is 1. The topological polar surface area (TPSA) is 28.4 Å². The van der Waals surface area contributed by atoms with Gasteiger partial charge in [-0.25, -0.2) is 0 Å². The standard InChI is InChI=1S/C15H24N2O/c1-11-6-7-18-15(11)10-16-12-8-13-4-3-5-14(9-12)17(13)2/h6-7,12-14,16H,3-5,8-10H2,1-2H3. The fraction of sp³-hybridized carbons (Fsp3) is 0.733. The molecular formula is C15H24N2O. The minimum atomic E-state index is 0.668. The third-order valence-electron chi connectivity index (χ3n) is 4.86. The number of nitrogens with zero attached hydrogens (tertiary/aromatic N) is 1. The van der Waals surface area contributed by atoms with Gasteiger partial charge < -0.3 is 14.6 Å². The number of hydrogen-bond acceptors (Lipinski definition) is 3. The van der Waals surface area contributed by atoms with Crippen molar-refractivity contribution in [3.8, 4) is 0 Å². The third-order valence-corrected chi connectivity index (χ3v) is 4.86. The van der Waals surface area contributed by atoms with Crippen LogP contribution in [0.2, 0.25) is 0 Å². The molecule has 3 heterocycles. The van der Waals surface area contributed by atoms with Crippen molar-refractivity contribution < 1.29 is 4.42 Å². The van der Waals surface area contributed by atoms with Crippen LogP contribution in [-0.4, -0.2) is 30.1 Å². The molecule has 0 aliphatic carbocycles. The first kappa shape index (κ1) is 12.2. The van der Waals surface area contributed by atoms with Gasteiger partial charge in [0.1, 0.15) is 5.76 Å².